The third-order valence-electron chi connectivity index (χ3n) is 4.77. The highest BCUT2D eigenvalue weighted by Crippen LogP contribution is 2.46. The van der Waals surface area contributed by atoms with Gasteiger partial charge in [0.1, 0.15) is 5.75 Å². The van der Waals surface area contributed by atoms with Gasteiger partial charge in [-0.25, -0.2) is 0 Å². The number of benzene rings is 2. The molecule has 0 unspecified atom stereocenters. The maximum Gasteiger partial charge on any atom is 0.303 e. The number of hydrogen-bond donors (Lipinski definition) is 1. The molecule has 2 aromatic carbocycles. The lowest BCUT2D eigenvalue weighted by Gasteiger charge is -2.27. The number of likely N-dealkylation sites (N-methyl/N-ethyl adjacent to an activating group) is 1. The fraction of sp³-hybridized carbons (Fsp3) is 0.364. The van der Waals surface area contributed by atoms with Gasteiger partial charge in [-0.05, 0) is 29.8 Å². The summed E-state index contributed by atoms with van der Waals surface area (Å²) in [5.41, 5.74) is 1.77. The van der Waals surface area contributed by atoms with Crippen molar-refractivity contribution >= 4 is 29.3 Å². The summed E-state index contributed by atoms with van der Waals surface area (Å²) in [6, 6.07) is 15.4. The largest absolute Gasteiger partial charge is 0.497 e. The van der Waals surface area contributed by atoms with Crippen molar-refractivity contribution in [3.8, 4) is 5.75 Å². The van der Waals surface area contributed by atoms with Gasteiger partial charge in [0.2, 0.25) is 0 Å². The Hall–Kier alpha value is -3.31. The third-order valence-corrected chi connectivity index (χ3v) is 6.14. The number of carbonyl (C=O) groups excluding carboxylic acids is 2. The van der Waals surface area contributed by atoms with E-state index >= 15 is 0 Å². The number of carbonyl (C=O) groups is 2. The first kappa shape index (κ1) is 25.9. The summed E-state index contributed by atoms with van der Waals surface area (Å²) in [5.74, 6) is 0.0741. The molecule has 1 heterocycles. The van der Waals surface area contributed by atoms with Gasteiger partial charge >= 0.3 is 5.97 Å². The number of hydrogen-bond acceptors (Lipinski definition) is 8. The molecular formula is C22H27N3O7S. The second kappa shape index (κ2) is 12.1. The molecule has 178 valence electrons. The van der Waals surface area contributed by atoms with Crippen molar-refractivity contribution in [2.24, 2.45) is 0 Å². The number of quaternary nitrogens is 1. The van der Waals surface area contributed by atoms with Crippen molar-refractivity contribution < 1.29 is 29.0 Å². The van der Waals surface area contributed by atoms with Crippen molar-refractivity contribution in [2.75, 3.05) is 39.2 Å². The molecule has 1 amide bonds. The molecule has 0 saturated heterocycles. The number of anilines is 1. The topological polar surface area (TPSA) is 126 Å². The minimum Gasteiger partial charge on any atom is -0.497 e. The minimum absolute atomic E-state index is 0.195. The van der Waals surface area contributed by atoms with Gasteiger partial charge in [-0.2, -0.15) is 0 Å². The van der Waals surface area contributed by atoms with E-state index in [-0.39, 0.29) is 11.2 Å². The van der Waals surface area contributed by atoms with Crippen LogP contribution in [0.3, 0.4) is 0 Å². The predicted octanol–water partition coefficient (Wildman–Crippen LogP) is 1.71. The second-order valence-corrected chi connectivity index (χ2v) is 8.66. The fourth-order valence-corrected chi connectivity index (χ4v) is 4.59. The summed E-state index contributed by atoms with van der Waals surface area (Å²) < 4.78 is 10.8. The molecule has 3 rings (SSSR count). The number of nitrogens with one attached hydrogen (secondary N) is 1. The van der Waals surface area contributed by atoms with Gasteiger partial charge in [0.15, 0.2) is 6.10 Å². The Morgan fingerprint density at radius 1 is 1.15 bits per heavy atom. The van der Waals surface area contributed by atoms with Crippen molar-refractivity contribution in [3.63, 3.8) is 0 Å². The van der Waals surface area contributed by atoms with Crippen LogP contribution < -0.4 is 14.5 Å². The normalized spacial score (nSPS) is 17.4. The predicted molar refractivity (Wildman–Crippen MR) is 124 cm³/mol. The van der Waals surface area contributed by atoms with E-state index < -0.39 is 17.2 Å². The smallest absolute Gasteiger partial charge is 0.303 e. The van der Waals surface area contributed by atoms with Crippen molar-refractivity contribution in [1.29, 1.82) is 0 Å². The maximum atomic E-state index is 13.6. The summed E-state index contributed by atoms with van der Waals surface area (Å²) in [4.78, 5) is 37.7. The van der Waals surface area contributed by atoms with E-state index in [4.69, 9.17) is 24.8 Å². The number of methoxy groups -OCH3 is 1. The molecule has 0 aliphatic carbocycles. The lowest BCUT2D eigenvalue weighted by molar-refractivity contribution is -0.856. The lowest BCUT2D eigenvalue weighted by atomic mass is 10.1. The number of esters is 1. The molecule has 0 fully saturated rings. The molecule has 1 aliphatic rings. The zero-order valence-corrected chi connectivity index (χ0v) is 19.7. The highest BCUT2D eigenvalue weighted by atomic mass is 32.2. The van der Waals surface area contributed by atoms with E-state index in [1.807, 2.05) is 62.6 Å². The first-order chi connectivity index (χ1) is 15.6. The number of ether oxygens (including phenoxy) is 2. The summed E-state index contributed by atoms with van der Waals surface area (Å²) >= 11 is 1.55. The third kappa shape index (κ3) is 7.36. The highest BCUT2D eigenvalue weighted by molar-refractivity contribution is 7.99. The van der Waals surface area contributed by atoms with Crippen LogP contribution in [0.5, 0.6) is 5.75 Å². The summed E-state index contributed by atoms with van der Waals surface area (Å²) in [6.45, 7) is 2.67. The number of thioether (sulfide) groups is 1. The first-order valence-electron chi connectivity index (χ1n) is 10.1. The average Bonchev–Trinajstić information content (AvgIpc) is 2.86. The van der Waals surface area contributed by atoms with Crippen molar-refractivity contribution in [3.05, 3.63) is 69.4 Å². The van der Waals surface area contributed by atoms with Gasteiger partial charge in [-0.15, -0.1) is 11.8 Å². The Kier molecular flexibility index (Phi) is 9.49. The van der Waals surface area contributed by atoms with Crippen LogP contribution in [-0.4, -0.2) is 57.4 Å². The monoisotopic (exact) mass is 477 g/mol. The molecule has 0 saturated carbocycles. The van der Waals surface area contributed by atoms with Crippen LogP contribution in [0.15, 0.2) is 53.4 Å². The number of amides is 1. The maximum absolute atomic E-state index is 13.6. The van der Waals surface area contributed by atoms with Gasteiger partial charge < -0.3 is 34.6 Å². The van der Waals surface area contributed by atoms with Gasteiger partial charge in [0.25, 0.3) is 5.91 Å². The van der Waals surface area contributed by atoms with Crippen LogP contribution in [0.4, 0.5) is 5.69 Å². The second-order valence-electron chi connectivity index (χ2n) is 7.48. The van der Waals surface area contributed by atoms with Crippen LogP contribution >= 0.6 is 11.8 Å². The van der Waals surface area contributed by atoms with Crippen LogP contribution in [0.1, 0.15) is 17.7 Å². The Bertz CT molecular complexity index is 965. The molecule has 2 atom stereocenters. The molecule has 1 N–H and O–H groups in total. The standard InChI is InChI=1S/C22H26N2O4S.NO3/c1-15(25)28-20-21(16-9-11-17(27-4)12-10-16)29-19-8-6-5-7-18(19)24(22(20)26)14-13-23(2)3;2-1(3)4/h5-12,20-21H,13-14H2,1-4H3;/q;-1/p+1/t20-,21+;/m1./s1. The Morgan fingerprint density at radius 3 is 2.30 bits per heavy atom. The molecule has 1 aliphatic heterocycles. The minimum atomic E-state index is -1.75. The number of rotatable bonds is 6. The molecule has 2 aromatic rings. The Morgan fingerprint density at radius 2 is 1.76 bits per heavy atom. The Labute approximate surface area is 196 Å². The molecule has 11 heteroatoms. The lowest BCUT2D eigenvalue weighted by Crippen LogP contribution is -3.06. The summed E-state index contributed by atoms with van der Waals surface area (Å²) in [6.07, 6.45) is -0.907. The number of fused-ring (bicyclic) bond motifs is 1. The van der Waals surface area contributed by atoms with E-state index in [2.05, 4.69) is 0 Å². The molecule has 0 radical (unpaired) electrons. The SMILES string of the molecule is COc1ccc([C@@H]2Sc3ccccc3N(CC[NH+](C)C)C(=O)[C@@H]2OC(C)=O)cc1.O=[N+]([O-])[O-]. The van der Waals surface area contributed by atoms with Crippen LogP contribution in [0.25, 0.3) is 0 Å². The number of para-hydroxylation sites is 1. The molecule has 10 nitrogen and oxygen atoms in total. The highest BCUT2D eigenvalue weighted by Gasteiger charge is 2.40. The quantitative estimate of drug-likeness (QED) is 0.379. The van der Waals surface area contributed by atoms with Gasteiger partial charge in [0, 0.05) is 11.8 Å². The van der Waals surface area contributed by atoms with E-state index in [0.29, 0.717) is 6.54 Å². The molecular weight excluding hydrogens is 450 g/mol. The summed E-state index contributed by atoms with van der Waals surface area (Å²) in [7, 11) is 5.71. The molecule has 0 bridgehead atoms. The van der Waals surface area contributed by atoms with Crippen LogP contribution in [-0.2, 0) is 14.3 Å². The summed E-state index contributed by atoms with van der Waals surface area (Å²) in [5, 5.41) is 14.4. The van der Waals surface area contributed by atoms with Crippen molar-refractivity contribution in [2.45, 2.75) is 23.2 Å². The first-order valence-corrected chi connectivity index (χ1v) is 11.0. The van der Waals surface area contributed by atoms with Crippen LogP contribution in [0.2, 0.25) is 0 Å². The molecule has 0 aromatic heterocycles. The number of nitrogens with zero attached hydrogens (tertiary/aromatic N) is 2. The van der Waals surface area contributed by atoms with Gasteiger partial charge in [-0.1, -0.05) is 24.3 Å². The molecule has 33 heavy (non-hydrogen) atoms. The van der Waals surface area contributed by atoms with E-state index in [0.717, 1.165) is 28.4 Å². The zero-order valence-electron chi connectivity index (χ0n) is 18.8. The van der Waals surface area contributed by atoms with Gasteiger partial charge in [0.05, 0.1) is 50.3 Å². The van der Waals surface area contributed by atoms with Crippen LogP contribution in [0, 0.1) is 15.3 Å². The molecule has 0 spiro atoms. The van der Waals surface area contributed by atoms with E-state index in [1.165, 1.54) is 11.8 Å². The fourth-order valence-electron chi connectivity index (χ4n) is 3.27. The Balaban J connectivity index is 0.000000890. The van der Waals surface area contributed by atoms with Crippen molar-refractivity contribution in [1.82, 2.24) is 0 Å². The van der Waals surface area contributed by atoms with E-state index in [1.54, 1.807) is 23.8 Å². The average molecular weight is 478 g/mol. The van der Waals surface area contributed by atoms with E-state index in [9.17, 15) is 9.59 Å². The zero-order chi connectivity index (χ0) is 24.5. The van der Waals surface area contributed by atoms with Gasteiger partial charge in [-0.3, -0.25) is 9.59 Å².